The van der Waals surface area contributed by atoms with Gasteiger partial charge in [-0.25, -0.2) is 9.78 Å². The van der Waals surface area contributed by atoms with Crippen molar-refractivity contribution in [3.8, 4) is 11.8 Å². The molecule has 168 valence electrons. The van der Waals surface area contributed by atoms with Gasteiger partial charge >= 0.3 is 12.5 Å². The zero-order valence-electron chi connectivity index (χ0n) is 17.1. The Labute approximate surface area is 182 Å². The summed E-state index contributed by atoms with van der Waals surface area (Å²) in [5.41, 5.74) is -0.275. The van der Waals surface area contributed by atoms with E-state index in [4.69, 9.17) is 26.0 Å². The summed E-state index contributed by atoms with van der Waals surface area (Å²) in [6, 6.07) is 5.70. The number of carbonyl (C=O) groups is 1. The van der Waals surface area contributed by atoms with Gasteiger partial charge in [-0.15, -0.1) is 13.2 Å². The van der Waals surface area contributed by atoms with Crippen LogP contribution < -0.4 is 4.74 Å². The van der Waals surface area contributed by atoms with Crippen LogP contribution in [0.5, 0.6) is 5.75 Å². The van der Waals surface area contributed by atoms with Gasteiger partial charge < -0.3 is 18.8 Å². The minimum Gasteiger partial charge on any atom is -0.445 e. The zero-order valence-corrected chi connectivity index (χ0v) is 17.9. The van der Waals surface area contributed by atoms with Crippen molar-refractivity contribution in [3.63, 3.8) is 0 Å². The predicted octanol–water partition coefficient (Wildman–Crippen LogP) is 5.27. The van der Waals surface area contributed by atoms with Crippen molar-refractivity contribution >= 4 is 17.7 Å². The summed E-state index contributed by atoms with van der Waals surface area (Å²) in [6.07, 6.45) is -3.73. The van der Waals surface area contributed by atoms with E-state index >= 15 is 0 Å². The second-order valence-electron chi connectivity index (χ2n) is 7.52. The second-order valence-corrected chi connectivity index (χ2v) is 7.93. The molecule has 0 unspecified atom stereocenters. The van der Waals surface area contributed by atoms with E-state index in [1.165, 1.54) is 23.2 Å². The van der Waals surface area contributed by atoms with Crippen LogP contribution in [0.15, 0.2) is 28.8 Å². The Morgan fingerprint density at radius 3 is 2.61 bits per heavy atom. The molecule has 0 radical (unpaired) electrons. The fourth-order valence-electron chi connectivity index (χ4n) is 2.49. The van der Waals surface area contributed by atoms with Gasteiger partial charge in [0, 0.05) is 19.5 Å². The van der Waals surface area contributed by atoms with Crippen LogP contribution in [0.4, 0.5) is 18.0 Å². The van der Waals surface area contributed by atoms with Crippen LogP contribution in [0.25, 0.3) is 0 Å². The minimum atomic E-state index is -4.87. The van der Waals surface area contributed by atoms with Gasteiger partial charge in [0.15, 0.2) is 5.89 Å². The molecule has 31 heavy (non-hydrogen) atoms. The first kappa shape index (κ1) is 24.3. The second kappa shape index (κ2) is 9.92. The van der Waals surface area contributed by atoms with Crippen LogP contribution >= 0.6 is 11.6 Å². The first-order chi connectivity index (χ1) is 14.4. The van der Waals surface area contributed by atoms with E-state index in [-0.39, 0.29) is 31.0 Å². The van der Waals surface area contributed by atoms with Gasteiger partial charge in [-0.1, -0.05) is 17.7 Å². The summed E-state index contributed by atoms with van der Waals surface area (Å²) >= 11 is 5.90. The van der Waals surface area contributed by atoms with Crippen LogP contribution in [-0.4, -0.2) is 34.5 Å². The van der Waals surface area contributed by atoms with Crippen LogP contribution in [0, 0.1) is 11.3 Å². The number of hydrogen-bond acceptors (Lipinski definition) is 6. The molecule has 2 aromatic rings. The van der Waals surface area contributed by atoms with Crippen LogP contribution in [-0.2, 0) is 24.1 Å². The quantitative estimate of drug-likeness (QED) is 0.560. The Bertz CT molecular complexity index is 948. The van der Waals surface area contributed by atoms with Crippen LogP contribution in [0.1, 0.15) is 38.0 Å². The smallest absolute Gasteiger partial charge is 0.445 e. The number of nitrogens with zero attached hydrogens (tertiary/aromatic N) is 3. The number of ether oxygens (including phenoxy) is 2. The fraction of sp³-hybridized carbons (Fsp3) is 0.450. The lowest BCUT2D eigenvalue weighted by Gasteiger charge is -2.27. The molecule has 1 amide bonds. The Kier molecular flexibility index (Phi) is 7.79. The SMILES string of the molecule is CC(C)(C)OC(=O)N(CCc1ncc(CC#N)o1)Cc1ccc(OC(F)(F)F)c(Cl)c1. The van der Waals surface area contributed by atoms with Gasteiger partial charge in [0.25, 0.3) is 0 Å². The van der Waals surface area contributed by atoms with E-state index in [1.807, 2.05) is 6.07 Å². The summed E-state index contributed by atoms with van der Waals surface area (Å²) in [5.74, 6) is 0.214. The van der Waals surface area contributed by atoms with Gasteiger partial charge in [0.1, 0.15) is 17.1 Å². The molecule has 11 heteroatoms. The lowest BCUT2D eigenvalue weighted by atomic mass is 10.2. The molecule has 0 spiro atoms. The number of benzene rings is 1. The van der Waals surface area contributed by atoms with E-state index in [1.54, 1.807) is 20.8 Å². The summed E-state index contributed by atoms with van der Waals surface area (Å²) in [7, 11) is 0. The molecule has 0 aliphatic rings. The van der Waals surface area contributed by atoms with Gasteiger partial charge in [-0.2, -0.15) is 5.26 Å². The van der Waals surface area contributed by atoms with Crippen molar-refractivity contribution in [1.29, 1.82) is 5.26 Å². The molecule has 0 saturated carbocycles. The number of alkyl halides is 3. The van der Waals surface area contributed by atoms with Crippen molar-refractivity contribution in [2.24, 2.45) is 0 Å². The summed E-state index contributed by atoms with van der Waals surface area (Å²) in [6.45, 7) is 5.31. The number of hydrogen-bond donors (Lipinski definition) is 0. The number of carbonyl (C=O) groups excluding carboxylic acids is 1. The molecule has 0 atom stereocenters. The highest BCUT2D eigenvalue weighted by Crippen LogP contribution is 2.31. The third-order valence-corrected chi connectivity index (χ3v) is 3.99. The maximum absolute atomic E-state index is 12.6. The van der Waals surface area contributed by atoms with Gasteiger partial charge in [-0.3, -0.25) is 0 Å². The van der Waals surface area contributed by atoms with Crippen molar-refractivity contribution in [1.82, 2.24) is 9.88 Å². The zero-order chi connectivity index (χ0) is 23.2. The third kappa shape index (κ3) is 8.38. The summed E-state index contributed by atoms with van der Waals surface area (Å²) in [5, 5.41) is 8.46. The lowest BCUT2D eigenvalue weighted by Crippen LogP contribution is -2.37. The molecular weight excluding hydrogens is 439 g/mol. The minimum absolute atomic E-state index is 0.0205. The van der Waals surface area contributed by atoms with E-state index in [0.29, 0.717) is 17.2 Å². The van der Waals surface area contributed by atoms with Crippen LogP contribution in [0.2, 0.25) is 5.02 Å². The number of aromatic nitrogens is 1. The Morgan fingerprint density at radius 1 is 1.32 bits per heavy atom. The molecule has 2 rings (SSSR count). The Hall–Kier alpha value is -2.93. The molecule has 0 aliphatic heterocycles. The maximum Gasteiger partial charge on any atom is 0.573 e. The van der Waals surface area contributed by atoms with E-state index in [9.17, 15) is 18.0 Å². The van der Waals surface area contributed by atoms with E-state index < -0.39 is 23.8 Å². The number of amides is 1. The van der Waals surface area contributed by atoms with Crippen molar-refractivity contribution in [2.45, 2.75) is 52.1 Å². The highest BCUT2D eigenvalue weighted by Gasteiger charge is 2.32. The summed E-state index contributed by atoms with van der Waals surface area (Å²) in [4.78, 5) is 18.1. The first-order valence-electron chi connectivity index (χ1n) is 9.19. The number of nitriles is 1. The normalized spacial score (nSPS) is 11.7. The molecule has 7 nitrogen and oxygen atoms in total. The highest BCUT2D eigenvalue weighted by atomic mass is 35.5. The van der Waals surface area contributed by atoms with E-state index in [0.717, 1.165) is 6.07 Å². The van der Waals surface area contributed by atoms with Gasteiger partial charge in [0.2, 0.25) is 0 Å². The molecule has 0 bridgehead atoms. The fourth-order valence-corrected chi connectivity index (χ4v) is 2.73. The van der Waals surface area contributed by atoms with Crippen molar-refractivity contribution < 1.29 is 31.9 Å². The summed E-state index contributed by atoms with van der Waals surface area (Å²) < 4.78 is 52.0. The lowest BCUT2D eigenvalue weighted by molar-refractivity contribution is -0.274. The number of rotatable bonds is 7. The Morgan fingerprint density at radius 2 is 2.03 bits per heavy atom. The van der Waals surface area contributed by atoms with Crippen LogP contribution in [0.3, 0.4) is 0 Å². The molecule has 0 fully saturated rings. The number of oxazole rings is 1. The molecule has 1 aromatic carbocycles. The first-order valence-corrected chi connectivity index (χ1v) is 9.57. The number of halogens is 4. The van der Waals surface area contributed by atoms with Gasteiger partial charge in [-0.05, 0) is 38.5 Å². The monoisotopic (exact) mass is 459 g/mol. The topological polar surface area (TPSA) is 88.6 Å². The highest BCUT2D eigenvalue weighted by molar-refractivity contribution is 6.32. The molecular formula is C20H21ClF3N3O4. The molecule has 1 aromatic heterocycles. The average molecular weight is 460 g/mol. The van der Waals surface area contributed by atoms with Crippen molar-refractivity contribution in [2.75, 3.05) is 6.54 Å². The largest absolute Gasteiger partial charge is 0.573 e. The predicted molar refractivity (Wildman–Crippen MR) is 104 cm³/mol. The maximum atomic E-state index is 12.6. The standard InChI is InChI=1S/C20H21ClF3N3O4/c1-19(2,3)31-18(28)27(9-7-17-26-11-14(29-17)6-8-25)12-13-4-5-16(15(21)10-13)30-20(22,23)24/h4-5,10-11H,6-7,9,12H2,1-3H3. The van der Waals surface area contributed by atoms with Gasteiger partial charge in [0.05, 0.1) is 23.7 Å². The molecule has 0 N–H and O–H groups in total. The average Bonchev–Trinajstić information content (AvgIpc) is 3.06. The molecule has 1 heterocycles. The van der Waals surface area contributed by atoms with Crippen molar-refractivity contribution in [3.05, 3.63) is 46.6 Å². The third-order valence-electron chi connectivity index (χ3n) is 3.70. The Balaban J connectivity index is 2.15. The molecule has 0 aliphatic carbocycles. The molecule has 0 saturated heterocycles. The van der Waals surface area contributed by atoms with E-state index in [2.05, 4.69) is 9.72 Å².